The van der Waals surface area contributed by atoms with Gasteiger partial charge >= 0.3 is 0 Å². The van der Waals surface area contributed by atoms with Gasteiger partial charge in [-0.3, -0.25) is 14.6 Å². The number of nitrogens with one attached hydrogen (secondary N) is 2. The molecule has 0 radical (unpaired) electrons. The van der Waals surface area contributed by atoms with Crippen LogP contribution >= 0.6 is 0 Å². The van der Waals surface area contributed by atoms with Gasteiger partial charge in [0.05, 0.1) is 5.69 Å². The Balaban J connectivity index is 1.75. The number of ether oxygens (including phenoxy) is 1. The van der Waals surface area contributed by atoms with Crippen molar-refractivity contribution in [2.45, 2.75) is 25.3 Å². The molecule has 2 aromatic rings. The van der Waals surface area contributed by atoms with E-state index in [0.29, 0.717) is 23.6 Å². The first kappa shape index (κ1) is 17.9. The molecule has 2 amide bonds. The highest BCUT2D eigenvalue weighted by molar-refractivity contribution is 5.94. The SMILES string of the molecule is CNC(=O)c1cc(Oc2ccccc2NC(=O)C2CCC(N)C2)ccn1. The van der Waals surface area contributed by atoms with Gasteiger partial charge in [-0.1, -0.05) is 12.1 Å². The molecule has 0 saturated heterocycles. The predicted octanol–water partition coefficient (Wildman–Crippen LogP) is 2.30. The number of para-hydroxylation sites is 2. The summed E-state index contributed by atoms with van der Waals surface area (Å²) in [6.07, 6.45) is 3.88. The monoisotopic (exact) mass is 354 g/mol. The lowest BCUT2D eigenvalue weighted by molar-refractivity contribution is -0.119. The summed E-state index contributed by atoms with van der Waals surface area (Å²) in [5.74, 6) is 0.545. The van der Waals surface area contributed by atoms with E-state index in [1.165, 1.54) is 13.2 Å². The first-order valence-corrected chi connectivity index (χ1v) is 8.58. The molecule has 1 fully saturated rings. The number of carbonyl (C=O) groups is 2. The summed E-state index contributed by atoms with van der Waals surface area (Å²) >= 11 is 0. The lowest BCUT2D eigenvalue weighted by atomic mass is 10.1. The number of carbonyl (C=O) groups excluding carboxylic acids is 2. The van der Waals surface area contributed by atoms with Crippen molar-refractivity contribution in [2.75, 3.05) is 12.4 Å². The lowest BCUT2D eigenvalue weighted by Gasteiger charge is -2.15. The van der Waals surface area contributed by atoms with Gasteiger partial charge < -0.3 is 21.1 Å². The molecule has 1 heterocycles. The molecule has 1 aliphatic rings. The molecule has 0 aliphatic heterocycles. The Morgan fingerprint density at radius 1 is 1.23 bits per heavy atom. The van der Waals surface area contributed by atoms with E-state index in [1.807, 2.05) is 12.1 Å². The number of hydrogen-bond donors (Lipinski definition) is 3. The Hall–Kier alpha value is -2.93. The molecule has 0 spiro atoms. The summed E-state index contributed by atoms with van der Waals surface area (Å²) < 4.78 is 5.87. The minimum absolute atomic E-state index is 0.0465. The maximum atomic E-state index is 12.5. The molecule has 7 heteroatoms. The van der Waals surface area contributed by atoms with Crippen molar-refractivity contribution in [1.29, 1.82) is 0 Å². The third kappa shape index (κ3) is 4.18. The largest absolute Gasteiger partial charge is 0.455 e. The molecule has 1 aliphatic carbocycles. The van der Waals surface area contributed by atoms with Crippen molar-refractivity contribution in [3.05, 3.63) is 48.3 Å². The van der Waals surface area contributed by atoms with Crippen LogP contribution in [0.5, 0.6) is 11.5 Å². The summed E-state index contributed by atoms with van der Waals surface area (Å²) in [5, 5.41) is 5.45. The molecular formula is C19H22N4O3. The number of benzene rings is 1. The van der Waals surface area contributed by atoms with Gasteiger partial charge in [-0.25, -0.2) is 0 Å². The molecule has 4 N–H and O–H groups in total. The van der Waals surface area contributed by atoms with E-state index in [-0.39, 0.29) is 29.5 Å². The summed E-state index contributed by atoms with van der Waals surface area (Å²) in [4.78, 5) is 28.2. The van der Waals surface area contributed by atoms with Crippen LogP contribution in [0.25, 0.3) is 0 Å². The first-order valence-electron chi connectivity index (χ1n) is 8.58. The van der Waals surface area contributed by atoms with Crippen LogP contribution in [0.1, 0.15) is 29.8 Å². The molecular weight excluding hydrogens is 332 g/mol. The van der Waals surface area contributed by atoms with Gasteiger partial charge in [0.1, 0.15) is 11.4 Å². The molecule has 136 valence electrons. The van der Waals surface area contributed by atoms with Crippen LogP contribution in [0.4, 0.5) is 5.69 Å². The predicted molar refractivity (Wildman–Crippen MR) is 98.1 cm³/mol. The highest BCUT2D eigenvalue weighted by Crippen LogP contribution is 2.31. The molecule has 3 rings (SSSR count). The second kappa shape index (κ2) is 7.97. The third-order valence-electron chi connectivity index (χ3n) is 4.41. The lowest BCUT2D eigenvalue weighted by Crippen LogP contribution is -2.23. The van der Waals surface area contributed by atoms with Crippen LogP contribution in [0, 0.1) is 5.92 Å². The van der Waals surface area contributed by atoms with Crippen LogP contribution in [0.3, 0.4) is 0 Å². The zero-order valence-corrected chi connectivity index (χ0v) is 14.6. The molecule has 26 heavy (non-hydrogen) atoms. The number of anilines is 1. The Bertz CT molecular complexity index is 809. The van der Waals surface area contributed by atoms with Crippen molar-refractivity contribution in [3.63, 3.8) is 0 Å². The molecule has 1 aromatic heterocycles. The van der Waals surface area contributed by atoms with Crippen LogP contribution in [0.15, 0.2) is 42.6 Å². The van der Waals surface area contributed by atoms with Crippen molar-refractivity contribution < 1.29 is 14.3 Å². The second-order valence-electron chi connectivity index (χ2n) is 6.31. The van der Waals surface area contributed by atoms with E-state index in [4.69, 9.17) is 10.5 Å². The quantitative estimate of drug-likeness (QED) is 0.764. The number of aromatic nitrogens is 1. The average molecular weight is 354 g/mol. The summed E-state index contributed by atoms with van der Waals surface area (Å²) in [7, 11) is 1.54. The zero-order valence-electron chi connectivity index (χ0n) is 14.6. The maximum Gasteiger partial charge on any atom is 0.269 e. The Labute approximate surface area is 151 Å². The van der Waals surface area contributed by atoms with Gasteiger partial charge in [0.25, 0.3) is 5.91 Å². The molecule has 2 unspecified atom stereocenters. The number of amides is 2. The van der Waals surface area contributed by atoms with Gasteiger partial charge in [0.15, 0.2) is 5.75 Å². The first-order chi connectivity index (χ1) is 12.6. The van der Waals surface area contributed by atoms with E-state index >= 15 is 0 Å². The molecule has 0 bridgehead atoms. The van der Waals surface area contributed by atoms with Gasteiger partial charge in [0, 0.05) is 31.3 Å². The zero-order chi connectivity index (χ0) is 18.5. The van der Waals surface area contributed by atoms with Crippen LogP contribution in [-0.2, 0) is 4.79 Å². The molecule has 1 saturated carbocycles. The number of hydrogen-bond acceptors (Lipinski definition) is 5. The van der Waals surface area contributed by atoms with E-state index in [9.17, 15) is 9.59 Å². The fourth-order valence-electron chi connectivity index (χ4n) is 3.00. The van der Waals surface area contributed by atoms with Crippen LogP contribution in [0.2, 0.25) is 0 Å². The van der Waals surface area contributed by atoms with E-state index < -0.39 is 0 Å². The molecule has 2 atom stereocenters. The minimum Gasteiger partial charge on any atom is -0.455 e. The standard InChI is InChI=1S/C19H22N4O3/c1-21-19(25)16-11-14(8-9-22-16)26-17-5-3-2-4-15(17)23-18(24)12-6-7-13(20)10-12/h2-5,8-9,11-13H,6-7,10,20H2,1H3,(H,21,25)(H,23,24). The van der Waals surface area contributed by atoms with Crippen LogP contribution < -0.4 is 21.1 Å². The third-order valence-corrected chi connectivity index (χ3v) is 4.41. The van der Waals surface area contributed by atoms with Crippen molar-refractivity contribution >= 4 is 17.5 Å². The number of rotatable bonds is 5. The Morgan fingerprint density at radius 2 is 2.04 bits per heavy atom. The Morgan fingerprint density at radius 3 is 2.77 bits per heavy atom. The fourth-order valence-corrected chi connectivity index (χ4v) is 3.00. The van der Waals surface area contributed by atoms with Crippen LogP contribution in [-0.4, -0.2) is 29.9 Å². The number of nitrogens with two attached hydrogens (primary N) is 1. The van der Waals surface area contributed by atoms with E-state index in [0.717, 1.165) is 12.8 Å². The summed E-state index contributed by atoms with van der Waals surface area (Å²) in [6, 6.07) is 10.5. The highest BCUT2D eigenvalue weighted by atomic mass is 16.5. The van der Waals surface area contributed by atoms with Crippen molar-refractivity contribution in [2.24, 2.45) is 11.7 Å². The summed E-state index contributed by atoms with van der Waals surface area (Å²) in [5.41, 5.74) is 6.73. The molecule has 1 aromatic carbocycles. The molecule has 7 nitrogen and oxygen atoms in total. The minimum atomic E-state index is -0.297. The van der Waals surface area contributed by atoms with Gasteiger partial charge in [-0.05, 0) is 37.5 Å². The summed E-state index contributed by atoms with van der Waals surface area (Å²) in [6.45, 7) is 0. The maximum absolute atomic E-state index is 12.5. The second-order valence-corrected chi connectivity index (χ2v) is 6.31. The average Bonchev–Trinajstić information content (AvgIpc) is 3.09. The number of nitrogens with zero attached hydrogens (tertiary/aromatic N) is 1. The number of pyridine rings is 1. The Kier molecular flexibility index (Phi) is 5.48. The van der Waals surface area contributed by atoms with E-state index in [1.54, 1.807) is 24.3 Å². The highest BCUT2D eigenvalue weighted by Gasteiger charge is 2.28. The van der Waals surface area contributed by atoms with Crippen molar-refractivity contribution in [3.8, 4) is 11.5 Å². The topological polar surface area (TPSA) is 106 Å². The van der Waals surface area contributed by atoms with Gasteiger partial charge in [-0.15, -0.1) is 0 Å². The fraction of sp³-hybridized carbons (Fsp3) is 0.316. The van der Waals surface area contributed by atoms with Gasteiger partial charge in [-0.2, -0.15) is 0 Å². The van der Waals surface area contributed by atoms with Gasteiger partial charge in [0.2, 0.25) is 5.91 Å². The normalized spacial score (nSPS) is 19.0. The van der Waals surface area contributed by atoms with E-state index in [2.05, 4.69) is 15.6 Å². The smallest absolute Gasteiger partial charge is 0.269 e. The van der Waals surface area contributed by atoms with Crippen molar-refractivity contribution in [1.82, 2.24) is 10.3 Å².